The summed E-state index contributed by atoms with van der Waals surface area (Å²) >= 11 is 0. The largest absolute Gasteiger partial charge is 0.339 e. The smallest absolute Gasteiger partial charge is 0.230 e. The molecule has 1 fully saturated rings. The molecule has 2 rings (SSSR count). The van der Waals surface area contributed by atoms with Gasteiger partial charge in [0.2, 0.25) is 5.91 Å². The molecule has 1 aliphatic carbocycles. The third kappa shape index (κ3) is 2.38. The molecule has 0 aromatic carbocycles. The van der Waals surface area contributed by atoms with Crippen LogP contribution in [0.5, 0.6) is 0 Å². The van der Waals surface area contributed by atoms with Gasteiger partial charge in [0.1, 0.15) is 0 Å². The Hall–Kier alpha value is -1.42. The first-order chi connectivity index (χ1) is 8.54. The van der Waals surface area contributed by atoms with Crippen molar-refractivity contribution in [3.05, 3.63) is 30.1 Å². The number of nitrogens with zero attached hydrogens (tertiary/aromatic N) is 2. The fraction of sp³-hybridized carbons (Fsp3) is 0.571. The number of nitrogens with two attached hydrogens (primary N) is 1. The van der Waals surface area contributed by atoms with E-state index in [1.807, 2.05) is 32.2 Å². The van der Waals surface area contributed by atoms with Gasteiger partial charge < -0.3 is 10.6 Å². The Morgan fingerprint density at radius 3 is 2.94 bits per heavy atom. The SMILES string of the molecule is CN(Cc1ccccn1)C(=O)C1(C)CCCC1N. The highest BCUT2D eigenvalue weighted by atomic mass is 16.2. The molecule has 18 heavy (non-hydrogen) atoms. The number of carbonyl (C=O) groups is 1. The van der Waals surface area contributed by atoms with E-state index < -0.39 is 5.41 Å². The molecule has 2 atom stereocenters. The Morgan fingerprint density at radius 2 is 2.39 bits per heavy atom. The molecule has 1 amide bonds. The van der Waals surface area contributed by atoms with Crippen molar-refractivity contribution in [3.8, 4) is 0 Å². The lowest BCUT2D eigenvalue weighted by Gasteiger charge is -2.32. The molecule has 2 N–H and O–H groups in total. The molecule has 0 saturated heterocycles. The Bertz CT molecular complexity index is 420. The van der Waals surface area contributed by atoms with Crippen LogP contribution >= 0.6 is 0 Å². The van der Waals surface area contributed by atoms with Gasteiger partial charge in [-0.2, -0.15) is 0 Å². The molecule has 1 aliphatic rings. The molecule has 98 valence electrons. The predicted octanol–water partition coefficient (Wildman–Crippen LogP) is 1.56. The Kier molecular flexibility index (Phi) is 3.66. The zero-order chi connectivity index (χ0) is 13.2. The van der Waals surface area contributed by atoms with Crippen molar-refractivity contribution < 1.29 is 4.79 Å². The summed E-state index contributed by atoms with van der Waals surface area (Å²) < 4.78 is 0. The highest BCUT2D eigenvalue weighted by Crippen LogP contribution is 2.38. The van der Waals surface area contributed by atoms with Crippen LogP contribution in [0, 0.1) is 5.41 Å². The first kappa shape index (κ1) is 13.0. The molecule has 1 saturated carbocycles. The van der Waals surface area contributed by atoms with Crippen LogP contribution in [0.3, 0.4) is 0 Å². The predicted molar refractivity (Wildman–Crippen MR) is 70.6 cm³/mol. The minimum Gasteiger partial charge on any atom is -0.339 e. The number of amides is 1. The maximum atomic E-state index is 12.5. The van der Waals surface area contributed by atoms with Gasteiger partial charge in [0, 0.05) is 19.3 Å². The third-order valence-corrected chi connectivity index (χ3v) is 3.99. The Morgan fingerprint density at radius 1 is 1.61 bits per heavy atom. The first-order valence-electron chi connectivity index (χ1n) is 6.45. The van der Waals surface area contributed by atoms with Crippen molar-refractivity contribution in [2.75, 3.05) is 7.05 Å². The molecule has 1 heterocycles. The van der Waals surface area contributed by atoms with Crippen LogP contribution in [-0.2, 0) is 11.3 Å². The summed E-state index contributed by atoms with van der Waals surface area (Å²) in [5.74, 6) is 0.137. The normalized spacial score (nSPS) is 27.2. The zero-order valence-corrected chi connectivity index (χ0v) is 11.1. The molecule has 1 aromatic rings. The second-order valence-corrected chi connectivity index (χ2v) is 5.40. The molecule has 1 aromatic heterocycles. The summed E-state index contributed by atoms with van der Waals surface area (Å²) in [6.07, 6.45) is 4.62. The van der Waals surface area contributed by atoms with E-state index in [1.54, 1.807) is 11.1 Å². The lowest BCUT2D eigenvalue weighted by molar-refractivity contribution is -0.140. The zero-order valence-electron chi connectivity index (χ0n) is 11.1. The van der Waals surface area contributed by atoms with Crippen LogP contribution in [0.4, 0.5) is 0 Å². The number of hydrogen-bond donors (Lipinski definition) is 1. The van der Waals surface area contributed by atoms with Gasteiger partial charge in [-0.15, -0.1) is 0 Å². The van der Waals surface area contributed by atoms with Crippen LogP contribution in [0.2, 0.25) is 0 Å². The van der Waals surface area contributed by atoms with Crippen LogP contribution in [-0.4, -0.2) is 28.9 Å². The van der Waals surface area contributed by atoms with E-state index in [0.29, 0.717) is 6.54 Å². The highest BCUT2D eigenvalue weighted by molar-refractivity contribution is 5.83. The standard InChI is InChI=1S/C14H21N3O/c1-14(8-5-7-12(14)15)13(18)17(2)10-11-6-3-4-9-16-11/h3-4,6,9,12H,5,7-8,10,15H2,1-2H3. The topological polar surface area (TPSA) is 59.2 Å². The van der Waals surface area contributed by atoms with Crippen molar-refractivity contribution in [3.63, 3.8) is 0 Å². The number of aromatic nitrogens is 1. The summed E-state index contributed by atoms with van der Waals surface area (Å²) in [7, 11) is 1.83. The van der Waals surface area contributed by atoms with E-state index in [2.05, 4.69) is 4.98 Å². The van der Waals surface area contributed by atoms with Crippen LogP contribution in [0.15, 0.2) is 24.4 Å². The molecular formula is C14H21N3O. The van der Waals surface area contributed by atoms with Gasteiger partial charge >= 0.3 is 0 Å². The van der Waals surface area contributed by atoms with E-state index in [9.17, 15) is 4.79 Å². The van der Waals surface area contributed by atoms with Crippen LogP contribution in [0.1, 0.15) is 31.9 Å². The second kappa shape index (κ2) is 5.06. The fourth-order valence-electron chi connectivity index (χ4n) is 2.70. The minimum atomic E-state index is -0.399. The van der Waals surface area contributed by atoms with Crippen molar-refractivity contribution in [1.82, 2.24) is 9.88 Å². The number of carbonyl (C=O) groups excluding carboxylic acids is 1. The summed E-state index contributed by atoms with van der Waals surface area (Å²) in [4.78, 5) is 18.5. The average Bonchev–Trinajstić information content (AvgIpc) is 2.71. The van der Waals surface area contributed by atoms with Crippen molar-refractivity contribution in [2.45, 2.75) is 38.8 Å². The first-order valence-corrected chi connectivity index (χ1v) is 6.45. The van der Waals surface area contributed by atoms with Crippen molar-refractivity contribution in [2.24, 2.45) is 11.1 Å². The van der Waals surface area contributed by atoms with Gasteiger partial charge in [-0.3, -0.25) is 9.78 Å². The second-order valence-electron chi connectivity index (χ2n) is 5.40. The quantitative estimate of drug-likeness (QED) is 0.881. The van der Waals surface area contributed by atoms with Gasteiger partial charge in [-0.05, 0) is 31.9 Å². The van der Waals surface area contributed by atoms with Crippen molar-refractivity contribution >= 4 is 5.91 Å². The molecule has 0 spiro atoms. The average molecular weight is 247 g/mol. The fourth-order valence-corrected chi connectivity index (χ4v) is 2.70. The maximum Gasteiger partial charge on any atom is 0.230 e. The van der Waals surface area contributed by atoms with E-state index >= 15 is 0 Å². The summed E-state index contributed by atoms with van der Waals surface area (Å²) in [6, 6.07) is 5.72. The number of rotatable bonds is 3. The van der Waals surface area contributed by atoms with Gasteiger partial charge in [0.25, 0.3) is 0 Å². The van der Waals surface area contributed by atoms with E-state index in [0.717, 1.165) is 25.0 Å². The molecule has 4 nitrogen and oxygen atoms in total. The van der Waals surface area contributed by atoms with Crippen molar-refractivity contribution in [1.29, 1.82) is 0 Å². The van der Waals surface area contributed by atoms with Gasteiger partial charge in [-0.1, -0.05) is 12.5 Å². The molecular weight excluding hydrogens is 226 g/mol. The molecule has 0 bridgehead atoms. The Balaban J connectivity index is 2.05. The Labute approximate surface area is 108 Å². The van der Waals surface area contributed by atoms with Crippen LogP contribution in [0.25, 0.3) is 0 Å². The molecule has 0 aliphatic heterocycles. The lowest BCUT2D eigenvalue weighted by atomic mass is 9.83. The number of hydrogen-bond acceptors (Lipinski definition) is 3. The highest BCUT2D eigenvalue weighted by Gasteiger charge is 2.44. The molecule has 2 unspecified atom stereocenters. The van der Waals surface area contributed by atoms with Gasteiger partial charge in [-0.25, -0.2) is 0 Å². The summed E-state index contributed by atoms with van der Waals surface area (Å²) in [6.45, 7) is 2.53. The lowest BCUT2D eigenvalue weighted by Crippen LogP contribution is -2.47. The van der Waals surface area contributed by atoms with E-state index in [1.165, 1.54) is 0 Å². The van der Waals surface area contributed by atoms with E-state index in [4.69, 9.17) is 5.73 Å². The summed E-state index contributed by atoms with van der Waals surface area (Å²) in [5, 5.41) is 0. The van der Waals surface area contributed by atoms with E-state index in [-0.39, 0.29) is 11.9 Å². The van der Waals surface area contributed by atoms with Crippen LogP contribution < -0.4 is 5.73 Å². The molecule has 4 heteroatoms. The monoisotopic (exact) mass is 247 g/mol. The third-order valence-electron chi connectivity index (χ3n) is 3.99. The summed E-state index contributed by atoms with van der Waals surface area (Å²) in [5.41, 5.74) is 6.59. The minimum absolute atomic E-state index is 0.0174. The van der Waals surface area contributed by atoms with Gasteiger partial charge in [0.15, 0.2) is 0 Å². The maximum absolute atomic E-state index is 12.5. The number of pyridine rings is 1. The van der Waals surface area contributed by atoms with Gasteiger partial charge in [0.05, 0.1) is 17.7 Å². The molecule has 0 radical (unpaired) electrons.